The number of rotatable bonds is 4. The summed E-state index contributed by atoms with van der Waals surface area (Å²) in [6, 6.07) is 0. The van der Waals surface area contributed by atoms with E-state index < -0.39 is 5.97 Å². The van der Waals surface area contributed by atoms with Crippen molar-refractivity contribution in [3.63, 3.8) is 0 Å². The lowest BCUT2D eigenvalue weighted by Crippen LogP contribution is -2.37. The van der Waals surface area contributed by atoms with E-state index in [-0.39, 0.29) is 17.4 Å². The third kappa shape index (κ3) is 3.97. The zero-order valence-corrected chi connectivity index (χ0v) is 8.59. The van der Waals surface area contributed by atoms with Crippen LogP contribution in [0.4, 0.5) is 0 Å². The highest BCUT2D eigenvalue weighted by atomic mass is 32.2. The molecule has 1 fully saturated rings. The maximum atomic E-state index is 11.4. The van der Waals surface area contributed by atoms with Gasteiger partial charge in [-0.15, -0.1) is 11.8 Å². The van der Waals surface area contributed by atoms with Crippen LogP contribution in [-0.4, -0.2) is 46.7 Å². The largest absolute Gasteiger partial charge is 0.481 e. The fourth-order valence-electron chi connectivity index (χ4n) is 1.09. The lowest BCUT2D eigenvalue weighted by Gasteiger charge is -2.25. The third-order valence-corrected chi connectivity index (χ3v) is 2.63. The predicted molar refractivity (Wildman–Crippen MR) is 51.9 cm³/mol. The first kappa shape index (κ1) is 11.3. The average molecular weight is 219 g/mol. The topological polar surface area (TPSA) is 66.8 Å². The fraction of sp³-hybridized carbons (Fsp3) is 0.750. The molecule has 1 N–H and O–H groups in total. The molecule has 1 aliphatic rings. The van der Waals surface area contributed by atoms with Crippen molar-refractivity contribution in [1.29, 1.82) is 0 Å². The molecule has 5 nitrogen and oxygen atoms in total. The van der Waals surface area contributed by atoms with Crippen LogP contribution in [0.5, 0.6) is 0 Å². The first-order chi connectivity index (χ1) is 6.70. The highest BCUT2D eigenvalue weighted by Gasteiger charge is 2.17. The number of thioether (sulfide) groups is 1. The van der Waals surface area contributed by atoms with Crippen LogP contribution in [0.3, 0.4) is 0 Å². The number of carboxylic acids is 1. The molecule has 0 aromatic rings. The summed E-state index contributed by atoms with van der Waals surface area (Å²) >= 11 is 1.09. The summed E-state index contributed by atoms with van der Waals surface area (Å²) in [4.78, 5) is 26.7. The number of carbonyl (C=O) groups is 2. The van der Waals surface area contributed by atoms with E-state index in [0.29, 0.717) is 13.2 Å². The van der Waals surface area contributed by atoms with Crippen molar-refractivity contribution in [2.45, 2.75) is 12.8 Å². The van der Waals surface area contributed by atoms with Gasteiger partial charge in [0.15, 0.2) is 0 Å². The van der Waals surface area contributed by atoms with Gasteiger partial charge in [-0.3, -0.25) is 14.4 Å². The number of amides is 1. The summed E-state index contributed by atoms with van der Waals surface area (Å²) in [5, 5.41) is 9.69. The normalized spacial score (nSPS) is 16.7. The van der Waals surface area contributed by atoms with Crippen molar-refractivity contribution in [1.82, 2.24) is 5.06 Å². The Morgan fingerprint density at radius 1 is 1.36 bits per heavy atom. The number of hydrogen-bond donors (Lipinski definition) is 1. The van der Waals surface area contributed by atoms with Crippen molar-refractivity contribution in [3.05, 3.63) is 0 Å². The van der Waals surface area contributed by atoms with Crippen molar-refractivity contribution < 1.29 is 19.5 Å². The second kappa shape index (κ2) is 5.87. The van der Waals surface area contributed by atoms with Gasteiger partial charge in [-0.25, -0.2) is 5.06 Å². The molecule has 1 amide bonds. The van der Waals surface area contributed by atoms with E-state index in [9.17, 15) is 9.59 Å². The molecule has 0 aromatic carbocycles. The lowest BCUT2D eigenvalue weighted by atomic mass is 10.3. The zero-order valence-electron chi connectivity index (χ0n) is 7.77. The molecule has 0 spiro atoms. The van der Waals surface area contributed by atoms with Crippen LogP contribution in [0, 0.1) is 0 Å². The molecule has 0 atom stereocenters. The molecule has 80 valence electrons. The van der Waals surface area contributed by atoms with Gasteiger partial charge in [0.2, 0.25) is 0 Å². The van der Waals surface area contributed by atoms with Crippen molar-refractivity contribution in [2.24, 2.45) is 0 Å². The van der Waals surface area contributed by atoms with E-state index in [2.05, 4.69) is 0 Å². The molecular formula is C8H13NO4S. The van der Waals surface area contributed by atoms with Gasteiger partial charge in [-0.1, -0.05) is 0 Å². The number of carbonyl (C=O) groups excluding carboxylic acids is 1. The van der Waals surface area contributed by atoms with E-state index in [4.69, 9.17) is 9.94 Å². The van der Waals surface area contributed by atoms with Crippen molar-refractivity contribution in [3.8, 4) is 0 Å². The van der Waals surface area contributed by atoms with Gasteiger partial charge in [0, 0.05) is 6.54 Å². The molecule has 1 aliphatic heterocycles. The molecule has 1 rings (SSSR count). The molecule has 1 heterocycles. The molecule has 14 heavy (non-hydrogen) atoms. The number of aliphatic carboxylic acids is 1. The van der Waals surface area contributed by atoms with Crippen LogP contribution < -0.4 is 0 Å². The second-order valence-corrected chi connectivity index (χ2v) is 3.91. The van der Waals surface area contributed by atoms with E-state index in [1.54, 1.807) is 0 Å². The van der Waals surface area contributed by atoms with E-state index in [1.165, 1.54) is 5.06 Å². The SMILES string of the molecule is O=C(O)CSCC(=O)N1CCCCO1. The molecule has 0 bridgehead atoms. The number of carboxylic acid groups (broad SMARTS) is 1. The van der Waals surface area contributed by atoms with E-state index >= 15 is 0 Å². The maximum absolute atomic E-state index is 11.4. The number of nitrogens with zero attached hydrogens (tertiary/aromatic N) is 1. The van der Waals surface area contributed by atoms with Crippen LogP contribution in [0.2, 0.25) is 0 Å². The first-order valence-corrected chi connectivity index (χ1v) is 5.58. The Labute approximate surface area is 86.4 Å². The summed E-state index contributed by atoms with van der Waals surface area (Å²) in [5.41, 5.74) is 0. The van der Waals surface area contributed by atoms with E-state index in [0.717, 1.165) is 24.6 Å². The monoisotopic (exact) mass is 219 g/mol. The zero-order chi connectivity index (χ0) is 10.4. The maximum Gasteiger partial charge on any atom is 0.313 e. The summed E-state index contributed by atoms with van der Waals surface area (Å²) in [7, 11) is 0. The molecule has 0 aliphatic carbocycles. The Morgan fingerprint density at radius 2 is 2.14 bits per heavy atom. The number of hydroxylamine groups is 2. The molecule has 6 heteroatoms. The van der Waals surface area contributed by atoms with Crippen molar-refractivity contribution >= 4 is 23.6 Å². The van der Waals surface area contributed by atoms with Gasteiger partial charge >= 0.3 is 5.97 Å². The number of hydrogen-bond acceptors (Lipinski definition) is 4. The Hall–Kier alpha value is -0.750. The molecule has 0 radical (unpaired) electrons. The van der Waals surface area contributed by atoms with Crippen LogP contribution in [0.25, 0.3) is 0 Å². The Balaban J connectivity index is 2.16. The van der Waals surface area contributed by atoms with Gasteiger partial charge in [0.1, 0.15) is 0 Å². The van der Waals surface area contributed by atoms with Crippen molar-refractivity contribution in [2.75, 3.05) is 24.7 Å². The lowest BCUT2D eigenvalue weighted by molar-refractivity contribution is -0.194. The minimum absolute atomic E-state index is 0.0421. The second-order valence-electron chi connectivity index (χ2n) is 2.92. The summed E-state index contributed by atoms with van der Waals surface area (Å²) < 4.78 is 0. The fourth-order valence-corrected chi connectivity index (χ4v) is 1.69. The van der Waals surface area contributed by atoms with Gasteiger partial charge < -0.3 is 5.11 Å². The third-order valence-electron chi connectivity index (χ3n) is 1.73. The molecule has 0 unspecified atom stereocenters. The minimum Gasteiger partial charge on any atom is -0.481 e. The summed E-state index contributed by atoms with van der Waals surface area (Å²) in [5.74, 6) is -0.912. The van der Waals surface area contributed by atoms with Crippen LogP contribution in [0.15, 0.2) is 0 Å². The first-order valence-electron chi connectivity index (χ1n) is 4.43. The molecule has 0 aromatic heterocycles. The van der Waals surface area contributed by atoms with Crippen LogP contribution in [0.1, 0.15) is 12.8 Å². The minimum atomic E-state index is -0.901. The molecular weight excluding hydrogens is 206 g/mol. The summed E-state index contributed by atoms with van der Waals surface area (Å²) in [6.07, 6.45) is 1.93. The summed E-state index contributed by atoms with van der Waals surface area (Å²) in [6.45, 7) is 1.20. The quantitative estimate of drug-likeness (QED) is 0.739. The Morgan fingerprint density at radius 3 is 2.71 bits per heavy atom. The van der Waals surface area contributed by atoms with Gasteiger partial charge in [0.25, 0.3) is 5.91 Å². The van der Waals surface area contributed by atoms with E-state index in [1.807, 2.05) is 0 Å². The Bertz CT molecular complexity index is 215. The predicted octanol–water partition coefficient (Wildman–Crippen LogP) is 0.358. The smallest absolute Gasteiger partial charge is 0.313 e. The standard InChI is InChI=1S/C8H13NO4S/c10-7(5-14-6-8(11)12)9-3-1-2-4-13-9/h1-6H2,(H,11,12). The highest BCUT2D eigenvalue weighted by molar-refractivity contribution is 8.00. The Kier molecular flexibility index (Phi) is 4.75. The van der Waals surface area contributed by atoms with Gasteiger partial charge in [-0.05, 0) is 12.8 Å². The van der Waals surface area contributed by atoms with Crippen LogP contribution in [-0.2, 0) is 14.4 Å². The van der Waals surface area contributed by atoms with Crippen LogP contribution >= 0.6 is 11.8 Å². The van der Waals surface area contributed by atoms with Gasteiger partial charge in [-0.2, -0.15) is 0 Å². The average Bonchev–Trinajstić information content (AvgIpc) is 2.18. The van der Waals surface area contributed by atoms with Gasteiger partial charge in [0.05, 0.1) is 18.1 Å². The molecule has 1 saturated heterocycles. The molecule has 0 saturated carbocycles. The highest BCUT2D eigenvalue weighted by Crippen LogP contribution is 2.09.